The highest BCUT2D eigenvalue weighted by Crippen LogP contribution is 2.41. The van der Waals surface area contributed by atoms with Crippen LogP contribution < -0.4 is 9.47 Å². The maximum Gasteiger partial charge on any atom is 0.321 e. The summed E-state index contributed by atoms with van der Waals surface area (Å²) in [6, 6.07) is 2.07. The smallest absolute Gasteiger partial charge is 0.321 e. The van der Waals surface area contributed by atoms with Crippen LogP contribution in [0.4, 0.5) is 11.4 Å². The lowest BCUT2D eigenvalue weighted by molar-refractivity contribution is -0.394. The fourth-order valence-electron chi connectivity index (χ4n) is 1.98. The van der Waals surface area contributed by atoms with Crippen molar-refractivity contribution >= 4 is 11.4 Å². The highest BCUT2D eigenvalue weighted by atomic mass is 16.6. The maximum absolute atomic E-state index is 11.0. The first-order valence-corrected chi connectivity index (χ1v) is 6.32. The second-order valence-corrected chi connectivity index (χ2v) is 4.42. The van der Waals surface area contributed by atoms with Crippen molar-refractivity contribution in [1.29, 1.82) is 0 Å². The molecule has 2 rings (SSSR count). The molecule has 0 aliphatic carbocycles. The Bertz CT molecular complexity index is 531. The summed E-state index contributed by atoms with van der Waals surface area (Å²) in [6.07, 6.45) is 3.51. The quantitative estimate of drug-likeness (QED) is 0.610. The van der Waals surface area contributed by atoms with Gasteiger partial charge in [-0.15, -0.1) is 0 Å². The summed E-state index contributed by atoms with van der Waals surface area (Å²) < 4.78 is 10.8. The minimum Gasteiger partial charge on any atom is -0.489 e. The van der Waals surface area contributed by atoms with Gasteiger partial charge in [0.1, 0.15) is 0 Å². The molecule has 1 aliphatic heterocycles. The third-order valence-corrected chi connectivity index (χ3v) is 2.97. The minimum atomic E-state index is -0.693. The Morgan fingerprint density at radius 1 is 0.900 bits per heavy atom. The van der Waals surface area contributed by atoms with E-state index in [1.165, 1.54) is 6.07 Å². The van der Waals surface area contributed by atoms with Crippen LogP contribution in [0.5, 0.6) is 11.5 Å². The average molecular weight is 282 g/mol. The molecule has 0 spiro atoms. The zero-order chi connectivity index (χ0) is 14.5. The number of hydrogen-bond donors (Lipinski definition) is 0. The van der Waals surface area contributed by atoms with Gasteiger partial charge >= 0.3 is 5.69 Å². The third-order valence-electron chi connectivity index (χ3n) is 2.97. The van der Waals surface area contributed by atoms with E-state index in [1.807, 2.05) is 0 Å². The number of nitro groups is 2. The van der Waals surface area contributed by atoms with Crippen molar-refractivity contribution in [1.82, 2.24) is 0 Å². The lowest BCUT2D eigenvalue weighted by Crippen LogP contribution is -2.08. The lowest BCUT2D eigenvalue weighted by Gasteiger charge is -2.14. The Kier molecular flexibility index (Phi) is 4.34. The van der Waals surface area contributed by atoms with E-state index in [1.54, 1.807) is 0 Å². The van der Waals surface area contributed by atoms with Gasteiger partial charge in [0.25, 0.3) is 5.69 Å². The number of fused-ring (bicyclic) bond motifs is 1. The highest BCUT2D eigenvalue weighted by molar-refractivity contribution is 5.62. The average Bonchev–Trinajstić information content (AvgIpc) is 2.42. The number of nitro benzene ring substituents is 2. The summed E-state index contributed by atoms with van der Waals surface area (Å²) in [4.78, 5) is 20.5. The van der Waals surface area contributed by atoms with Crippen molar-refractivity contribution in [2.24, 2.45) is 0 Å². The number of ether oxygens (including phenoxy) is 2. The van der Waals surface area contributed by atoms with Crippen LogP contribution in [0.15, 0.2) is 12.1 Å². The number of non-ortho nitro benzene ring substituents is 1. The molecule has 108 valence electrons. The monoisotopic (exact) mass is 282 g/mol. The number of nitrogens with zero attached hydrogens (tertiary/aromatic N) is 2. The lowest BCUT2D eigenvalue weighted by atomic mass is 10.2. The van der Waals surface area contributed by atoms with Crippen LogP contribution in [0, 0.1) is 20.2 Å². The SMILES string of the molecule is O=[N+]([O-])c1cc2c(c([N+](=O)[O-])c1)OCCCCCCO2. The molecule has 1 aromatic rings. The Hall–Kier alpha value is -2.38. The molecular weight excluding hydrogens is 268 g/mol. The van der Waals surface area contributed by atoms with E-state index < -0.39 is 15.5 Å². The number of benzene rings is 1. The van der Waals surface area contributed by atoms with Crippen LogP contribution in [-0.2, 0) is 0 Å². The van der Waals surface area contributed by atoms with Crippen LogP contribution in [0.1, 0.15) is 25.7 Å². The summed E-state index contributed by atoms with van der Waals surface area (Å²) in [5, 5.41) is 21.9. The molecule has 0 saturated heterocycles. The zero-order valence-corrected chi connectivity index (χ0v) is 10.7. The van der Waals surface area contributed by atoms with Gasteiger partial charge in [-0.3, -0.25) is 20.2 Å². The first-order chi connectivity index (χ1) is 9.59. The van der Waals surface area contributed by atoms with Crippen molar-refractivity contribution < 1.29 is 19.3 Å². The Balaban J connectivity index is 2.46. The van der Waals surface area contributed by atoms with Crippen molar-refractivity contribution in [2.45, 2.75) is 25.7 Å². The topological polar surface area (TPSA) is 105 Å². The van der Waals surface area contributed by atoms with Crippen LogP contribution >= 0.6 is 0 Å². The van der Waals surface area contributed by atoms with Gasteiger partial charge in [-0.25, -0.2) is 0 Å². The Morgan fingerprint density at radius 2 is 1.55 bits per heavy atom. The minimum absolute atomic E-state index is 0.0255. The first kappa shape index (κ1) is 14.0. The summed E-state index contributed by atoms with van der Waals surface area (Å²) in [7, 11) is 0. The normalized spacial score (nSPS) is 15.4. The fourth-order valence-corrected chi connectivity index (χ4v) is 1.98. The molecule has 8 heteroatoms. The van der Waals surface area contributed by atoms with Crippen molar-refractivity contribution in [3.63, 3.8) is 0 Å². The molecule has 0 N–H and O–H groups in total. The molecule has 0 atom stereocenters. The van der Waals surface area contributed by atoms with Gasteiger partial charge < -0.3 is 9.47 Å². The van der Waals surface area contributed by atoms with Crippen LogP contribution in [0.25, 0.3) is 0 Å². The molecule has 0 radical (unpaired) electrons. The largest absolute Gasteiger partial charge is 0.489 e. The Morgan fingerprint density at radius 3 is 2.15 bits per heavy atom. The van der Waals surface area contributed by atoms with E-state index >= 15 is 0 Å². The van der Waals surface area contributed by atoms with Gasteiger partial charge in [0, 0.05) is 0 Å². The molecule has 0 aromatic heterocycles. The summed E-state index contributed by atoms with van der Waals surface area (Å²) in [5.74, 6) is 0.0373. The van der Waals surface area contributed by atoms with Crippen LogP contribution in [0.3, 0.4) is 0 Å². The summed E-state index contributed by atoms with van der Waals surface area (Å²) in [6.45, 7) is 0.684. The van der Waals surface area contributed by atoms with E-state index in [9.17, 15) is 20.2 Å². The molecule has 20 heavy (non-hydrogen) atoms. The van der Waals surface area contributed by atoms with E-state index in [2.05, 4.69) is 0 Å². The van der Waals surface area contributed by atoms with Gasteiger partial charge in [-0.1, -0.05) is 0 Å². The van der Waals surface area contributed by atoms with Gasteiger partial charge in [-0.05, 0) is 25.7 Å². The Labute approximate surface area is 114 Å². The second-order valence-electron chi connectivity index (χ2n) is 4.42. The van der Waals surface area contributed by atoms with Gasteiger partial charge in [0.2, 0.25) is 5.75 Å². The van der Waals surface area contributed by atoms with E-state index in [0.717, 1.165) is 31.7 Å². The van der Waals surface area contributed by atoms with E-state index in [4.69, 9.17) is 9.47 Å². The maximum atomic E-state index is 11.0. The molecule has 1 aromatic carbocycles. The highest BCUT2D eigenvalue weighted by Gasteiger charge is 2.27. The summed E-state index contributed by atoms with van der Waals surface area (Å²) in [5.41, 5.74) is -0.814. The number of rotatable bonds is 2. The number of hydrogen-bond acceptors (Lipinski definition) is 6. The molecule has 0 bridgehead atoms. The molecule has 0 amide bonds. The molecule has 0 saturated carbocycles. The fraction of sp³-hybridized carbons (Fsp3) is 0.500. The van der Waals surface area contributed by atoms with Gasteiger partial charge in [0.15, 0.2) is 5.75 Å². The van der Waals surface area contributed by atoms with E-state index in [-0.39, 0.29) is 17.2 Å². The van der Waals surface area contributed by atoms with Gasteiger partial charge in [-0.2, -0.15) is 0 Å². The van der Waals surface area contributed by atoms with Crippen LogP contribution in [-0.4, -0.2) is 23.1 Å². The molecule has 0 fully saturated rings. The predicted molar refractivity (Wildman–Crippen MR) is 69.2 cm³/mol. The molecule has 8 nitrogen and oxygen atoms in total. The molecule has 1 aliphatic rings. The molecule has 1 heterocycles. The van der Waals surface area contributed by atoms with Crippen LogP contribution in [0.2, 0.25) is 0 Å². The molecular formula is C12H14N2O6. The standard InChI is InChI=1S/C12H14N2O6/c15-13(16)9-7-10(14(17)18)12-11(8-9)19-5-3-1-2-4-6-20-12/h7-8H,1-6H2. The zero-order valence-electron chi connectivity index (χ0n) is 10.7. The summed E-state index contributed by atoms with van der Waals surface area (Å²) >= 11 is 0. The van der Waals surface area contributed by atoms with Crippen molar-refractivity contribution in [2.75, 3.05) is 13.2 Å². The van der Waals surface area contributed by atoms with E-state index in [0.29, 0.717) is 13.2 Å². The van der Waals surface area contributed by atoms with Crippen molar-refractivity contribution in [3.8, 4) is 11.5 Å². The van der Waals surface area contributed by atoms with Gasteiger partial charge in [0.05, 0.1) is 35.2 Å². The third kappa shape index (κ3) is 3.14. The first-order valence-electron chi connectivity index (χ1n) is 6.32. The van der Waals surface area contributed by atoms with Crippen molar-refractivity contribution in [3.05, 3.63) is 32.4 Å². The predicted octanol–water partition coefficient (Wildman–Crippen LogP) is 2.83. The second kappa shape index (κ2) is 6.18. The molecule has 0 unspecified atom stereocenters.